The molecule has 1 aromatic heterocycles. The topological polar surface area (TPSA) is 56.1 Å². The number of carbonyl (C=O) groups is 1. The Morgan fingerprint density at radius 3 is 2.35 bits per heavy atom. The number of rotatable bonds is 8. The van der Waals surface area contributed by atoms with Crippen LogP contribution in [0.5, 0.6) is 0 Å². The normalized spacial score (nSPS) is 12.3. The van der Waals surface area contributed by atoms with Crippen molar-refractivity contribution in [3.05, 3.63) is 114 Å². The minimum Gasteiger partial charge on any atom is -0.469 e. The number of methoxy groups -OCH3 is 1. The first-order valence-corrected chi connectivity index (χ1v) is 12.9. The molecule has 0 fully saturated rings. The number of hydrogen-bond donors (Lipinski definition) is 1. The number of nitrogens with one attached hydrogen (secondary N) is 1. The van der Waals surface area contributed by atoms with Gasteiger partial charge in [0.2, 0.25) is 0 Å². The van der Waals surface area contributed by atoms with Gasteiger partial charge in [-0.15, -0.1) is 0 Å². The highest BCUT2D eigenvalue weighted by Crippen LogP contribution is 2.39. The average molecular weight is 544 g/mol. The van der Waals surface area contributed by atoms with Crippen molar-refractivity contribution >= 4 is 28.2 Å². The highest BCUT2D eigenvalue weighted by molar-refractivity contribution is 5.96. The molecule has 0 amide bonds. The third-order valence-corrected chi connectivity index (χ3v) is 6.83. The Bertz CT molecular complexity index is 1640. The number of hydrogen-bond acceptors (Lipinski definition) is 4. The van der Waals surface area contributed by atoms with Crippen molar-refractivity contribution in [3.63, 3.8) is 0 Å². The number of anilines is 2. The SMILES string of the molecule is COC(=O)CC(C)c1cccc(Nc2cccc(-c3c4cccc(C(F)(F)F)c4nn3Cc3ccccc3)c2)c1. The zero-order chi connectivity index (χ0) is 28.3. The van der Waals surface area contributed by atoms with Gasteiger partial charge in [-0.1, -0.05) is 73.7 Å². The minimum absolute atomic E-state index is 0.0259. The van der Waals surface area contributed by atoms with Gasteiger partial charge in [0.1, 0.15) is 5.52 Å². The minimum atomic E-state index is -4.53. The molecule has 1 unspecified atom stereocenters. The van der Waals surface area contributed by atoms with Gasteiger partial charge < -0.3 is 10.1 Å². The molecular formula is C32H28F3N3O2. The van der Waals surface area contributed by atoms with Gasteiger partial charge in [-0.05, 0) is 47.4 Å². The predicted molar refractivity (Wildman–Crippen MR) is 150 cm³/mol. The van der Waals surface area contributed by atoms with Crippen molar-refractivity contribution in [3.8, 4) is 11.3 Å². The standard InChI is InChI=1S/C32H28F3N3O2/c1-21(17-29(39)40-2)23-11-6-13-25(18-23)36-26-14-7-12-24(19-26)31-27-15-8-16-28(32(33,34)35)30(27)37-38(31)20-22-9-4-3-5-10-22/h3-16,18-19,21,36H,17,20H2,1-2H3. The van der Waals surface area contributed by atoms with E-state index in [0.717, 1.165) is 34.1 Å². The lowest BCUT2D eigenvalue weighted by molar-refractivity contribution is -0.141. The number of esters is 1. The second kappa shape index (κ2) is 11.3. The van der Waals surface area contributed by atoms with Crippen molar-refractivity contribution in [1.29, 1.82) is 0 Å². The van der Waals surface area contributed by atoms with Crippen LogP contribution in [0.2, 0.25) is 0 Å². The molecule has 1 atom stereocenters. The molecule has 0 bridgehead atoms. The number of aromatic nitrogens is 2. The largest absolute Gasteiger partial charge is 0.469 e. The third-order valence-electron chi connectivity index (χ3n) is 6.83. The molecule has 0 aliphatic heterocycles. The van der Waals surface area contributed by atoms with Crippen LogP contribution in [0.25, 0.3) is 22.2 Å². The maximum absolute atomic E-state index is 13.9. The molecule has 5 rings (SSSR count). The van der Waals surface area contributed by atoms with Gasteiger partial charge in [-0.3, -0.25) is 9.48 Å². The fraction of sp³-hybridized carbons (Fsp3) is 0.188. The monoisotopic (exact) mass is 543 g/mol. The van der Waals surface area contributed by atoms with Crippen LogP contribution >= 0.6 is 0 Å². The highest BCUT2D eigenvalue weighted by atomic mass is 19.4. The van der Waals surface area contributed by atoms with E-state index in [1.54, 1.807) is 10.7 Å². The van der Waals surface area contributed by atoms with Crippen molar-refractivity contribution in [2.75, 3.05) is 12.4 Å². The summed E-state index contributed by atoms with van der Waals surface area (Å²) >= 11 is 0. The molecule has 0 saturated heterocycles. The lowest BCUT2D eigenvalue weighted by atomic mass is 9.97. The third kappa shape index (κ3) is 5.86. The Labute approximate surface area is 230 Å². The number of carbonyl (C=O) groups excluding carboxylic acids is 1. The second-order valence-corrected chi connectivity index (χ2v) is 9.70. The van der Waals surface area contributed by atoms with Crippen LogP contribution in [0, 0.1) is 0 Å². The smallest absolute Gasteiger partial charge is 0.418 e. The van der Waals surface area contributed by atoms with Crippen LogP contribution in [0.3, 0.4) is 0 Å². The Morgan fingerprint density at radius 2 is 1.62 bits per heavy atom. The van der Waals surface area contributed by atoms with Crippen LogP contribution < -0.4 is 5.32 Å². The predicted octanol–water partition coefficient (Wildman–Crippen LogP) is 8.18. The molecule has 0 aliphatic carbocycles. The van der Waals surface area contributed by atoms with Crippen LogP contribution in [0.1, 0.15) is 36.0 Å². The lowest BCUT2D eigenvalue weighted by Gasteiger charge is -2.14. The molecule has 0 aliphatic rings. The van der Waals surface area contributed by atoms with Gasteiger partial charge in [-0.2, -0.15) is 18.3 Å². The first-order chi connectivity index (χ1) is 19.2. The Morgan fingerprint density at radius 1 is 0.925 bits per heavy atom. The van der Waals surface area contributed by atoms with Gasteiger partial charge >= 0.3 is 12.1 Å². The van der Waals surface area contributed by atoms with Gasteiger partial charge in [0.25, 0.3) is 0 Å². The number of benzene rings is 4. The molecule has 5 aromatic rings. The molecule has 1 N–H and O–H groups in total. The molecule has 204 valence electrons. The Hall–Kier alpha value is -4.59. The van der Waals surface area contributed by atoms with Gasteiger partial charge in [-0.25, -0.2) is 0 Å². The summed E-state index contributed by atoms with van der Waals surface area (Å²) < 4.78 is 48.1. The van der Waals surface area contributed by atoms with E-state index in [1.807, 2.05) is 85.8 Å². The van der Waals surface area contributed by atoms with Gasteiger partial charge in [0, 0.05) is 22.3 Å². The van der Waals surface area contributed by atoms with E-state index in [0.29, 0.717) is 17.6 Å². The molecule has 0 saturated carbocycles. The second-order valence-electron chi connectivity index (χ2n) is 9.70. The maximum Gasteiger partial charge on any atom is 0.418 e. The van der Waals surface area contributed by atoms with Crippen LogP contribution in [-0.4, -0.2) is 22.9 Å². The zero-order valence-corrected chi connectivity index (χ0v) is 22.1. The molecule has 0 radical (unpaired) electrons. The van der Waals surface area contributed by atoms with Gasteiger partial charge in [0.05, 0.1) is 31.3 Å². The summed E-state index contributed by atoms with van der Waals surface area (Å²) in [6.07, 6.45) is -4.25. The molecular weight excluding hydrogens is 515 g/mol. The van der Waals surface area contributed by atoms with Crippen LogP contribution in [0.15, 0.2) is 97.1 Å². The summed E-state index contributed by atoms with van der Waals surface area (Å²) in [4.78, 5) is 11.7. The summed E-state index contributed by atoms with van der Waals surface area (Å²) in [7, 11) is 1.37. The van der Waals surface area contributed by atoms with Gasteiger partial charge in [0.15, 0.2) is 0 Å². The quantitative estimate of drug-likeness (QED) is 0.201. The summed E-state index contributed by atoms with van der Waals surface area (Å²) in [6.45, 7) is 2.28. The average Bonchev–Trinajstić information content (AvgIpc) is 3.31. The van der Waals surface area contributed by atoms with Crippen LogP contribution in [-0.2, 0) is 22.3 Å². The molecule has 0 spiro atoms. The van der Waals surface area contributed by atoms with Crippen molar-refractivity contribution in [1.82, 2.24) is 9.78 Å². The van der Waals surface area contributed by atoms with E-state index in [-0.39, 0.29) is 23.8 Å². The Kier molecular flexibility index (Phi) is 7.60. The number of ether oxygens (including phenoxy) is 1. The molecule has 4 aromatic carbocycles. The molecule has 1 heterocycles. The van der Waals surface area contributed by atoms with Crippen LogP contribution in [0.4, 0.5) is 24.5 Å². The first-order valence-electron chi connectivity index (χ1n) is 12.9. The van der Waals surface area contributed by atoms with E-state index >= 15 is 0 Å². The lowest BCUT2D eigenvalue weighted by Crippen LogP contribution is -2.06. The van der Waals surface area contributed by atoms with Crippen molar-refractivity contribution in [2.24, 2.45) is 0 Å². The molecule has 5 nitrogen and oxygen atoms in total. The molecule has 40 heavy (non-hydrogen) atoms. The first kappa shape index (κ1) is 27.0. The Balaban J connectivity index is 1.54. The fourth-order valence-corrected chi connectivity index (χ4v) is 4.84. The fourth-order valence-electron chi connectivity index (χ4n) is 4.84. The van der Waals surface area contributed by atoms with E-state index in [1.165, 1.54) is 13.2 Å². The van der Waals surface area contributed by atoms with E-state index in [2.05, 4.69) is 10.4 Å². The number of nitrogens with zero attached hydrogens (tertiary/aromatic N) is 2. The zero-order valence-electron chi connectivity index (χ0n) is 22.1. The van der Waals surface area contributed by atoms with E-state index < -0.39 is 11.7 Å². The summed E-state index contributed by atoms with van der Waals surface area (Å²) in [5.74, 6) is -0.298. The van der Waals surface area contributed by atoms with Crippen molar-refractivity contribution in [2.45, 2.75) is 32.0 Å². The summed E-state index contributed by atoms with van der Waals surface area (Å²) in [5, 5.41) is 8.29. The maximum atomic E-state index is 13.9. The highest BCUT2D eigenvalue weighted by Gasteiger charge is 2.34. The number of alkyl halides is 3. The summed E-state index contributed by atoms with van der Waals surface area (Å²) in [5.41, 5.74) is 4.01. The van der Waals surface area contributed by atoms with E-state index in [4.69, 9.17) is 4.74 Å². The number of halogens is 3. The van der Waals surface area contributed by atoms with Crippen molar-refractivity contribution < 1.29 is 22.7 Å². The van der Waals surface area contributed by atoms with E-state index in [9.17, 15) is 18.0 Å². The molecule has 8 heteroatoms. The summed E-state index contributed by atoms with van der Waals surface area (Å²) in [6, 6.07) is 29.0. The number of fused-ring (bicyclic) bond motifs is 1.